The largest absolute Gasteiger partial charge is 0.382 e. The van der Waals surface area contributed by atoms with Gasteiger partial charge in [0, 0.05) is 13.1 Å². The van der Waals surface area contributed by atoms with Crippen LogP contribution >= 0.6 is 11.6 Å². The number of hydrogen-bond donors (Lipinski definition) is 1. The summed E-state index contributed by atoms with van der Waals surface area (Å²) in [5.74, 6) is -0.234. The van der Waals surface area contributed by atoms with Gasteiger partial charge in [0.25, 0.3) is 5.56 Å². The molecule has 6 heteroatoms. The molecule has 0 aliphatic carbocycles. The van der Waals surface area contributed by atoms with Crippen molar-refractivity contribution < 1.29 is 4.39 Å². The van der Waals surface area contributed by atoms with Crippen molar-refractivity contribution in [2.24, 2.45) is 0 Å². The van der Waals surface area contributed by atoms with Gasteiger partial charge in [-0.05, 0) is 24.5 Å². The van der Waals surface area contributed by atoms with E-state index in [1.54, 1.807) is 18.2 Å². The molecule has 0 bridgehead atoms. The zero-order valence-corrected chi connectivity index (χ0v) is 12.5. The minimum atomic E-state index is -0.311. The SMILES string of the molecule is CCCn1ncc(NCCc2ccccc2F)c(Cl)c1=O. The second-order valence-electron chi connectivity index (χ2n) is 4.67. The van der Waals surface area contributed by atoms with Crippen molar-refractivity contribution in [1.82, 2.24) is 9.78 Å². The van der Waals surface area contributed by atoms with E-state index in [0.717, 1.165) is 6.42 Å². The highest BCUT2D eigenvalue weighted by Gasteiger charge is 2.08. The molecule has 1 aromatic carbocycles. The topological polar surface area (TPSA) is 46.9 Å². The van der Waals surface area contributed by atoms with Gasteiger partial charge in [-0.15, -0.1) is 0 Å². The quantitative estimate of drug-likeness (QED) is 0.892. The molecule has 2 rings (SSSR count). The Labute approximate surface area is 127 Å². The lowest BCUT2D eigenvalue weighted by molar-refractivity contribution is 0.568. The molecule has 0 aliphatic rings. The maximum atomic E-state index is 13.5. The lowest BCUT2D eigenvalue weighted by Crippen LogP contribution is -2.24. The maximum Gasteiger partial charge on any atom is 0.287 e. The van der Waals surface area contributed by atoms with E-state index < -0.39 is 0 Å². The van der Waals surface area contributed by atoms with Crippen LogP contribution in [0.2, 0.25) is 5.02 Å². The van der Waals surface area contributed by atoms with Crippen LogP contribution in [0, 0.1) is 5.82 Å². The van der Waals surface area contributed by atoms with Crippen LogP contribution in [-0.2, 0) is 13.0 Å². The molecule has 0 radical (unpaired) electrons. The third kappa shape index (κ3) is 3.82. The number of anilines is 1. The van der Waals surface area contributed by atoms with Gasteiger partial charge >= 0.3 is 0 Å². The first kappa shape index (κ1) is 15.5. The van der Waals surface area contributed by atoms with E-state index in [4.69, 9.17) is 11.6 Å². The molecule has 0 spiro atoms. The molecular weight excluding hydrogens is 293 g/mol. The highest BCUT2D eigenvalue weighted by molar-refractivity contribution is 6.32. The van der Waals surface area contributed by atoms with Crippen LogP contribution in [0.1, 0.15) is 18.9 Å². The van der Waals surface area contributed by atoms with Crippen molar-refractivity contribution in [3.63, 3.8) is 0 Å². The summed E-state index contributed by atoms with van der Waals surface area (Å²) in [6, 6.07) is 6.60. The third-order valence-electron chi connectivity index (χ3n) is 3.09. The van der Waals surface area contributed by atoms with E-state index in [1.165, 1.54) is 16.9 Å². The summed E-state index contributed by atoms with van der Waals surface area (Å²) in [5, 5.41) is 7.20. The number of nitrogens with zero attached hydrogens (tertiary/aromatic N) is 2. The van der Waals surface area contributed by atoms with Crippen LogP contribution in [-0.4, -0.2) is 16.3 Å². The molecule has 0 atom stereocenters. The van der Waals surface area contributed by atoms with Crippen molar-refractivity contribution in [1.29, 1.82) is 0 Å². The molecule has 1 aromatic heterocycles. The highest BCUT2D eigenvalue weighted by atomic mass is 35.5. The van der Waals surface area contributed by atoms with Crippen molar-refractivity contribution in [2.75, 3.05) is 11.9 Å². The Morgan fingerprint density at radius 1 is 1.38 bits per heavy atom. The van der Waals surface area contributed by atoms with E-state index >= 15 is 0 Å². The molecule has 0 amide bonds. The van der Waals surface area contributed by atoms with Crippen molar-refractivity contribution in [2.45, 2.75) is 26.3 Å². The zero-order chi connectivity index (χ0) is 15.2. The number of rotatable bonds is 6. The van der Waals surface area contributed by atoms with Crippen LogP contribution in [0.15, 0.2) is 35.3 Å². The third-order valence-corrected chi connectivity index (χ3v) is 3.45. The van der Waals surface area contributed by atoms with E-state index in [1.807, 2.05) is 6.92 Å². The maximum absolute atomic E-state index is 13.5. The molecular formula is C15H17ClFN3O. The van der Waals surface area contributed by atoms with Gasteiger partial charge in [-0.2, -0.15) is 5.10 Å². The predicted molar refractivity (Wildman–Crippen MR) is 82.4 cm³/mol. The summed E-state index contributed by atoms with van der Waals surface area (Å²) in [6.07, 6.45) is 2.84. The van der Waals surface area contributed by atoms with Gasteiger partial charge in [0.05, 0.1) is 11.9 Å². The molecule has 21 heavy (non-hydrogen) atoms. The number of aryl methyl sites for hydroxylation is 1. The molecule has 0 fully saturated rings. The van der Waals surface area contributed by atoms with E-state index in [-0.39, 0.29) is 16.4 Å². The Hall–Kier alpha value is -1.88. The number of nitrogens with one attached hydrogen (secondary N) is 1. The average Bonchev–Trinajstić information content (AvgIpc) is 2.48. The summed E-state index contributed by atoms with van der Waals surface area (Å²) in [4.78, 5) is 11.9. The Bertz CT molecular complexity index is 672. The van der Waals surface area contributed by atoms with E-state index in [9.17, 15) is 9.18 Å². The molecule has 4 nitrogen and oxygen atoms in total. The minimum Gasteiger partial charge on any atom is -0.382 e. The Balaban J connectivity index is 2.03. The van der Waals surface area contributed by atoms with Gasteiger partial charge in [-0.25, -0.2) is 9.07 Å². The van der Waals surface area contributed by atoms with E-state index in [0.29, 0.717) is 30.8 Å². The average molecular weight is 310 g/mol. The normalized spacial score (nSPS) is 10.6. The van der Waals surface area contributed by atoms with Gasteiger partial charge < -0.3 is 5.32 Å². The zero-order valence-electron chi connectivity index (χ0n) is 11.8. The molecule has 0 unspecified atom stereocenters. The summed E-state index contributed by atoms with van der Waals surface area (Å²) in [5.41, 5.74) is 0.785. The Morgan fingerprint density at radius 2 is 2.14 bits per heavy atom. The van der Waals surface area contributed by atoms with Crippen LogP contribution in [0.3, 0.4) is 0 Å². The van der Waals surface area contributed by atoms with Crippen molar-refractivity contribution in [3.05, 3.63) is 57.2 Å². The predicted octanol–water partition coefficient (Wildman–Crippen LogP) is 3.10. The molecule has 0 saturated carbocycles. The Morgan fingerprint density at radius 3 is 2.86 bits per heavy atom. The van der Waals surface area contributed by atoms with Crippen molar-refractivity contribution >= 4 is 17.3 Å². The lowest BCUT2D eigenvalue weighted by atomic mass is 10.1. The smallest absolute Gasteiger partial charge is 0.287 e. The lowest BCUT2D eigenvalue weighted by Gasteiger charge is -2.10. The summed E-state index contributed by atoms with van der Waals surface area (Å²) in [7, 11) is 0. The van der Waals surface area contributed by atoms with Gasteiger partial charge in [0.2, 0.25) is 0 Å². The number of benzene rings is 1. The summed E-state index contributed by atoms with van der Waals surface area (Å²) in [6.45, 7) is 2.97. The molecule has 0 aliphatic heterocycles. The van der Waals surface area contributed by atoms with Gasteiger partial charge in [-0.1, -0.05) is 36.7 Å². The standard InChI is InChI=1S/C15H17ClFN3O/c1-2-9-20-15(21)14(16)13(10-19-20)18-8-7-11-5-3-4-6-12(11)17/h3-6,10,18H,2,7-9H2,1H3. The van der Waals surface area contributed by atoms with Gasteiger partial charge in [0.15, 0.2) is 0 Å². The van der Waals surface area contributed by atoms with Gasteiger partial charge in [0.1, 0.15) is 10.8 Å². The first-order valence-electron chi connectivity index (χ1n) is 6.86. The monoisotopic (exact) mass is 309 g/mol. The van der Waals surface area contributed by atoms with Gasteiger partial charge in [-0.3, -0.25) is 4.79 Å². The summed E-state index contributed by atoms with van der Waals surface area (Å²) >= 11 is 6.04. The molecule has 112 valence electrons. The molecule has 1 heterocycles. The molecule has 2 aromatic rings. The fraction of sp³-hybridized carbons (Fsp3) is 0.333. The van der Waals surface area contributed by atoms with Crippen LogP contribution in [0.4, 0.5) is 10.1 Å². The van der Waals surface area contributed by atoms with Crippen LogP contribution in [0.25, 0.3) is 0 Å². The van der Waals surface area contributed by atoms with Crippen LogP contribution < -0.4 is 10.9 Å². The molecule has 1 N–H and O–H groups in total. The fourth-order valence-corrected chi connectivity index (χ4v) is 2.21. The van der Waals surface area contributed by atoms with Crippen molar-refractivity contribution in [3.8, 4) is 0 Å². The Kier molecular flexibility index (Phi) is 5.33. The molecule has 0 saturated heterocycles. The van der Waals surface area contributed by atoms with Crippen LogP contribution in [0.5, 0.6) is 0 Å². The summed E-state index contributed by atoms with van der Waals surface area (Å²) < 4.78 is 14.8. The number of halogens is 2. The number of hydrogen-bond acceptors (Lipinski definition) is 3. The highest BCUT2D eigenvalue weighted by Crippen LogP contribution is 2.15. The first-order chi connectivity index (χ1) is 10.1. The first-order valence-corrected chi connectivity index (χ1v) is 7.24. The second kappa shape index (κ2) is 7.22. The second-order valence-corrected chi connectivity index (χ2v) is 5.05. The minimum absolute atomic E-state index is 0.118. The van der Waals surface area contributed by atoms with E-state index in [2.05, 4.69) is 10.4 Å². The fourth-order valence-electron chi connectivity index (χ4n) is 1.99. The number of aromatic nitrogens is 2.